The Morgan fingerprint density at radius 3 is 2.24 bits per heavy atom. The minimum absolute atomic E-state index is 0.0778. The second-order valence-electron chi connectivity index (χ2n) is 5.99. The van der Waals surface area contributed by atoms with Gasteiger partial charge in [-0.1, -0.05) is 12.1 Å². The number of nitrogens with zero attached hydrogens (tertiary/aromatic N) is 2. The fourth-order valence-corrected chi connectivity index (χ4v) is 4.59. The summed E-state index contributed by atoms with van der Waals surface area (Å²) in [5.41, 5.74) is -1.14. The lowest BCUT2D eigenvalue weighted by Crippen LogP contribution is -2.53. The Bertz CT molecular complexity index is 728. The van der Waals surface area contributed by atoms with Crippen LogP contribution in [0.3, 0.4) is 0 Å². The number of nitrogens with one attached hydrogen (secondary N) is 1. The van der Waals surface area contributed by atoms with Crippen LogP contribution < -0.4 is 5.32 Å². The molecule has 1 aromatic rings. The van der Waals surface area contributed by atoms with Gasteiger partial charge in [-0.2, -0.15) is 17.5 Å². The van der Waals surface area contributed by atoms with Crippen molar-refractivity contribution in [2.45, 2.75) is 31.0 Å². The van der Waals surface area contributed by atoms with Crippen LogP contribution in [0.5, 0.6) is 0 Å². The maximum atomic E-state index is 13.1. The van der Waals surface area contributed by atoms with E-state index in [-0.39, 0.29) is 19.1 Å². The van der Waals surface area contributed by atoms with Gasteiger partial charge in [0.2, 0.25) is 10.0 Å². The molecule has 0 radical (unpaired) electrons. The zero-order chi connectivity index (χ0) is 18.8. The summed E-state index contributed by atoms with van der Waals surface area (Å²) in [6, 6.07) is 4.39. The van der Waals surface area contributed by atoms with E-state index in [2.05, 4.69) is 5.32 Å². The Morgan fingerprint density at radius 2 is 1.72 bits per heavy atom. The van der Waals surface area contributed by atoms with E-state index in [9.17, 15) is 21.6 Å². The van der Waals surface area contributed by atoms with Crippen LogP contribution in [0.2, 0.25) is 0 Å². The van der Waals surface area contributed by atoms with E-state index < -0.39 is 26.7 Å². The van der Waals surface area contributed by atoms with Gasteiger partial charge in [-0.3, -0.25) is 0 Å². The number of thiocarbonyl (C=S) groups is 1. The third-order valence-corrected chi connectivity index (χ3v) is 6.08. The second kappa shape index (κ2) is 7.46. The lowest BCUT2D eigenvalue weighted by atomic mass is 10.2. The normalized spacial score (nSPS) is 17.0. The largest absolute Gasteiger partial charge is 0.417 e. The number of alkyl halides is 3. The highest BCUT2D eigenvalue weighted by Crippen LogP contribution is 2.35. The summed E-state index contributed by atoms with van der Waals surface area (Å²) in [6.07, 6.45) is -4.73. The van der Waals surface area contributed by atoms with Gasteiger partial charge in [0.05, 0.1) is 10.5 Å². The molecular formula is C15H20F3N3O2S2. The SMILES string of the molecule is CC(C)NC(=S)N1CCN(S(=O)(=O)c2ccccc2C(F)(F)F)CC1. The molecule has 0 spiro atoms. The molecule has 1 aliphatic rings. The smallest absolute Gasteiger partial charge is 0.360 e. The molecule has 10 heteroatoms. The van der Waals surface area contributed by atoms with E-state index in [0.717, 1.165) is 16.4 Å². The van der Waals surface area contributed by atoms with Crippen LogP contribution in [-0.2, 0) is 16.2 Å². The van der Waals surface area contributed by atoms with Crippen molar-refractivity contribution in [1.82, 2.24) is 14.5 Å². The van der Waals surface area contributed by atoms with Crippen molar-refractivity contribution < 1.29 is 21.6 Å². The van der Waals surface area contributed by atoms with Gasteiger partial charge in [0.25, 0.3) is 0 Å². The maximum Gasteiger partial charge on any atom is 0.417 e. The molecule has 1 aliphatic heterocycles. The highest BCUT2D eigenvalue weighted by atomic mass is 32.2. The molecule has 2 rings (SSSR count). The van der Waals surface area contributed by atoms with Crippen molar-refractivity contribution in [2.75, 3.05) is 26.2 Å². The van der Waals surface area contributed by atoms with Crippen molar-refractivity contribution in [3.63, 3.8) is 0 Å². The second-order valence-corrected chi connectivity index (χ2v) is 8.28. The van der Waals surface area contributed by atoms with Crippen LogP contribution >= 0.6 is 12.2 Å². The molecule has 0 atom stereocenters. The number of benzene rings is 1. The lowest BCUT2D eigenvalue weighted by molar-refractivity contribution is -0.139. The molecular weight excluding hydrogens is 375 g/mol. The summed E-state index contributed by atoms with van der Waals surface area (Å²) in [6.45, 7) is 4.67. The van der Waals surface area contributed by atoms with Gasteiger partial charge in [-0.05, 0) is 38.2 Å². The first-order valence-corrected chi connectivity index (χ1v) is 9.60. The molecule has 0 unspecified atom stereocenters. The molecule has 0 bridgehead atoms. The van der Waals surface area contributed by atoms with Gasteiger partial charge < -0.3 is 10.2 Å². The van der Waals surface area contributed by atoms with Crippen LogP contribution in [0.25, 0.3) is 0 Å². The zero-order valence-electron chi connectivity index (χ0n) is 13.9. The predicted octanol–water partition coefficient (Wildman–Crippen LogP) is 2.29. The third-order valence-electron chi connectivity index (χ3n) is 3.75. The van der Waals surface area contributed by atoms with Gasteiger partial charge in [-0.25, -0.2) is 8.42 Å². The molecule has 0 aliphatic carbocycles. The predicted molar refractivity (Wildman–Crippen MR) is 92.6 cm³/mol. The Kier molecular flexibility index (Phi) is 5.95. The van der Waals surface area contributed by atoms with Crippen molar-refractivity contribution >= 4 is 27.4 Å². The zero-order valence-corrected chi connectivity index (χ0v) is 15.5. The number of rotatable bonds is 3. The van der Waals surface area contributed by atoms with Crippen molar-refractivity contribution in [2.24, 2.45) is 0 Å². The molecule has 1 aromatic carbocycles. The number of hydrogen-bond donors (Lipinski definition) is 1. The van der Waals surface area contributed by atoms with Gasteiger partial charge in [0.1, 0.15) is 0 Å². The van der Waals surface area contributed by atoms with E-state index in [0.29, 0.717) is 18.2 Å². The molecule has 1 N–H and O–H groups in total. The number of piperazine rings is 1. The summed E-state index contributed by atoms with van der Waals surface area (Å²) in [5, 5.41) is 3.58. The van der Waals surface area contributed by atoms with Crippen LogP contribution in [-0.4, -0.2) is 55.0 Å². The quantitative estimate of drug-likeness (QED) is 0.796. The number of hydrogen-bond acceptors (Lipinski definition) is 3. The van der Waals surface area contributed by atoms with Crippen molar-refractivity contribution in [3.05, 3.63) is 29.8 Å². The first-order chi connectivity index (χ1) is 11.5. The van der Waals surface area contributed by atoms with Gasteiger partial charge in [0, 0.05) is 32.2 Å². The summed E-state index contributed by atoms with van der Waals surface area (Å²) in [4.78, 5) is 1.11. The molecule has 1 saturated heterocycles. The Morgan fingerprint density at radius 1 is 1.16 bits per heavy atom. The van der Waals surface area contributed by atoms with Gasteiger partial charge in [0.15, 0.2) is 5.11 Å². The summed E-state index contributed by atoms with van der Waals surface area (Å²) in [7, 11) is -4.23. The van der Waals surface area contributed by atoms with Crippen molar-refractivity contribution in [3.8, 4) is 0 Å². The average Bonchev–Trinajstić information content (AvgIpc) is 2.53. The fraction of sp³-hybridized carbons (Fsp3) is 0.533. The Hall–Kier alpha value is -1.39. The minimum Gasteiger partial charge on any atom is -0.360 e. The van der Waals surface area contributed by atoms with Crippen LogP contribution in [0.4, 0.5) is 13.2 Å². The molecule has 140 valence electrons. The average molecular weight is 395 g/mol. The molecule has 1 fully saturated rings. The fourth-order valence-electron chi connectivity index (χ4n) is 2.53. The van der Waals surface area contributed by atoms with E-state index in [1.165, 1.54) is 12.1 Å². The standard InChI is InChI=1S/C15H20F3N3O2S2/c1-11(2)19-14(24)20-7-9-21(10-8-20)25(22,23)13-6-4-3-5-12(13)15(16,17)18/h3-6,11H,7-10H2,1-2H3,(H,19,24). The minimum atomic E-state index is -4.73. The molecule has 0 amide bonds. The maximum absolute atomic E-state index is 13.1. The summed E-state index contributed by atoms with van der Waals surface area (Å²) < 4.78 is 65.8. The molecule has 5 nitrogen and oxygen atoms in total. The van der Waals surface area contributed by atoms with Gasteiger partial charge >= 0.3 is 6.18 Å². The first kappa shape index (κ1) is 19.9. The Labute approximate surface area is 150 Å². The highest BCUT2D eigenvalue weighted by molar-refractivity contribution is 7.89. The Balaban J connectivity index is 2.17. The number of halogens is 3. The summed E-state index contributed by atoms with van der Waals surface area (Å²) in [5.74, 6) is 0. The molecule has 1 heterocycles. The van der Waals surface area contributed by atoms with Crippen molar-refractivity contribution in [1.29, 1.82) is 0 Å². The molecule has 0 saturated carbocycles. The topological polar surface area (TPSA) is 52.6 Å². The van der Waals surface area contributed by atoms with Crippen LogP contribution in [0.1, 0.15) is 19.4 Å². The van der Waals surface area contributed by atoms with E-state index >= 15 is 0 Å². The monoisotopic (exact) mass is 395 g/mol. The number of sulfonamides is 1. The first-order valence-electron chi connectivity index (χ1n) is 7.75. The molecule has 25 heavy (non-hydrogen) atoms. The third kappa shape index (κ3) is 4.62. The van der Waals surface area contributed by atoms with E-state index in [4.69, 9.17) is 12.2 Å². The highest BCUT2D eigenvalue weighted by Gasteiger charge is 2.39. The van der Waals surface area contributed by atoms with Crippen LogP contribution in [0, 0.1) is 0 Å². The van der Waals surface area contributed by atoms with Gasteiger partial charge in [-0.15, -0.1) is 0 Å². The van der Waals surface area contributed by atoms with Crippen LogP contribution in [0.15, 0.2) is 29.2 Å². The molecule has 0 aromatic heterocycles. The van der Waals surface area contributed by atoms with E-state index in [1.54, 1.807) is 0 Å². The summed E-state index contributed by atoms with van der Waals surface area (Å²) >= 11 is 5.24. The van der Waals surface area contributed by atoms with E-state index in [1.807, 2.05) is 18.7 Å². The lowest BCUT2D eigenvalue weighted by Gasteiger charge is -2.36.